The highest BCUT2D eigenvalue weighted by molar-refractivity contribution is 7.71. The summed E-state index contributed by atoms with van der Waals surface area (Å²) in [5.74, 6) is -1.22. The summed E-state index contributed by atoms with van der Waals surface area (Å²) in [6.45, 7) is 2.75. The van der Waals surface area contributed by atoms with Crippen LogP contribution in [-0.2, 0) is 16.1 Å². The number of fused-ring (bicyclic) bond motifs is 1. The number of aromatic nitrogens is 3. The van der Waals surface area contributed by atoms with E-state index < -0.39 is 11.9 Å². The predicted molar refractivity (Wildman–Crippen MR) is 126 cm³/mol. The number of aryl methyl sites for hydroxylation is 1. The molecule has 1 fully saturated rings. The Kier molecular flexibility index (Phi) is 6.56. The summed E-state index contributed by atoms with van der Waals surface area (Å²) < 4.78 is 2.28. The molecule has 2 aromatic heterocycles. The van der Waals surface area contributed by atoms with Gasteiger partial charge in [-0.1, -0.05) is 49.5 Å². The van der Waals surface area contributed by atoms with Crippen molar-refractivity contribution in [3.8, 4) is 17.3 Å². The number of carbonyl (C=O) groups is 2. The van der Waals surface area contributed by atoms with Crippen molar-refractivity contribution in [3.63, 3.8) is 0 Å². The van der Waals surface area contributed by atoms with Crippen molar-refractivity contribution in [1.29, 1.82) is 5.26 Å². The lowest BCUT2D eigenvalue weighted by Gasteiger charge is -2.38. The lowest BCUT2D eigenvalue weighted by atomic mass is 9.89. The molecule has 1 aliphatic rings. The number of carboxylic acids is 1. The lowest BCUT2D eigenvalue weighted by molar-refractivity contribution is -0.148. The van der Waals surface area contributed by atoms with Gasteiger partial charge in [0.15, 0.2) is 4.64 Å². The first-order chi connectivity index (χ1) is 16.0. The summed E-state index contributed by atoms with van der Waals surface area (Å²) in [6.07, 6.45) is 3.35. The molecular weight excluding hydrogens is 438 g/mol. The van der Waals surface area contributed by atoms with Crippen LogP contribution in [0.4, 0.5) is 0 Å². The van der Waals surface area contributed by atoms with E-state index in [0.29, 0.717) is 59.3 Å². The molecule has 0 radical (unpaired) electrons. The van der Waals surface area contributed by atoms with Crippen LogP contribution in [0.25, 0.3) is 22.3 Å². The number of nitriles is 1. The second kappa shape index (κ2) is 9.55. The van der Waals surface area contributed by atoms with Crippen LogP contribution in [-0.4, -0.2) is 49.0 Å². The van der Waals surface area contributed by atoms with Crippen molar-refractivity contribution in [3.05, 3.63) is 46.9 Å². The number of likely N-dealkylation sites (tertiary alicyclic amines) is 1. The number of aromatic amines is 1. The van der Waals surface area contributed by atoms with E-state index in [1.54, 1.807) is 0 Å². The van der Waals surface area contributed by atoms with Crippen molar-refractivity contribution < 1.29 is 14.7 Å². The number of hydrogen-bond acceptors (Lipinski definition) is 5. The zero-order chi connectivity index (χ0) is 23.5. The maximum absolute atomic E-state index is 13.2. The Morgan fingerprint density at radius 2 is 2.09 bits per heavy atom. The van der Waals surface area contributed by atoms with Crippen molar-refractivity contribution in [2.75, 3.05) is 6.54 Å². The Bertz CT molecular complexity index is 1290. The second-order valence-corrected chi connectivity index (χ2v) is 8.63. The number of aliphatic carboxylic acids is 1. The largest absolute Gasteiger partial charge is 0.481 e. The molecule has 170 valence electrons. The van der Waals surface area contributed by atoms with Crippen LogP contribution in [0.15, 0.2) is 36.7 Å². The van der Waals surface area contributed by atoms with E-state index in [1.807, 2.05) is 46.7 Å². The zero-order valence-electron chi connectivity index (χ0n) is 18.3. The predicted octanol–water partition coefficient (Wildman–Crippen LogP) is 4.12. The van der Waals surface area contributed by atoms with Gasteiger partial charge in [0, 0.05) is 25.6 Å². The quantitative estimate of drug-likeness (QED) is 0.531. The van der Waals surface area contributed by atoms with Gasteiger partial charge in [0.2, 0.25) is 5.91 Å². The Hall–Kier alpha value is -3.51. The first kappa shape index (κ1) is 22.7. The minimum Gasteiger partial charge on any atom is -0.481 e. The Labute approximate surface area is 196 Å². The molecule has 0 spiro atoms. The molecule has 9 heteroatoms. The van der Waals surface area contributed by atoms with Gasteiger partial charge in [-0.05, 0) is 24.8 Å². The fourth-order valence-electron chi connectivity index (χ4n) is 4.77. The van der Waals surface area contributed by atoms with Gasteiger partial charge in [0.05, 0.1) is 23.5 Å². The van der Waals surface area contributed by atoms with E-state index in [2.05, 4.69) is 16.0 Å². The topological polar surface area (TPSA) is 115 Å². The standard InChI is InChI=1S/C24H25N5O3S/c1-2-17-12-16(24(31)32)8-10-28(17)19(30)9-11-29-21(15-6-4-3-5-7-15)18(13-25)20-22(29)23(33)27-14-26-20/h3-7,14,16-17H,2,8-12H2,1H3,(H,31,32)(H,26,27,33). The van der Waals surface area contributed by atoms with Crippen LogP contribution in [0, 0.1) is 21.9 Å². The number of piperidine rings is 1. The molecule has 0 bridgehead atoms. The number of nitrogens with zero attached hydrogens (tertiary/aromatic N) is 4. The Morgan fingerprint density at radius 1 is 1.33 bits per heavy atom. The summed E-state index contributed by atoms with van der Waals surface area (Å²) >= 11 is 5.48. The van der Waals surface area contributed by atoms with Crippen LogP contribution in [0.2, 0.25) is 0 Å². The van der Waals surface area contributed by atoms with E-state index in [4.69, 9.17) is 12.2 Å². The number of H-pyrrole nitrogens is 1. The molecule has 2 N–H and O–H groups in total. The third kappa shape index (κ3) is 4.26. The molecule has 2 unspecified atom stereocenters. The number of hydrogen-bond donors (Lipinski definition) is 2. The number of rotatable bonds is 6. The van der Waals surface area contributed by atoms with Gasteiger partial charge in [-0.3, -0.25) is 9.59 Å². The summed E-state index contributed by atoms with van der Waals surface area (Å²) in [5, 5.41) is 19.3. The molecule has 1 aliphatic heterocycles. The molecule has 0 saturated carbocycles. The highest BCUT2D eigenvalue weighted by Gasteiger charge is 2.33. The van der Waals surface area contributed by atoms with Gasteiger partial charge >= 0.3 is 5.97 Å². The van der Waals surface area contributed by atoms with Gasteiger partial charge < -0.3 is 19.6 Å². The molecule has 1 aromatic carbocycles. The minimum atomic E-state index is -0.794. The van der Waals surface area contributed by atoms with Crippen LogP contribution in [0.1, 0.15) is 38.2 Å². The summed E-state index contributed by atoms with van der Waals surface area (Å²) in [6, 6.07) is 11.8. The maximum atomic E-state index is 13.2. The van der Waals surface area contributed by atoms with E-state index in [-0.39, 0.29) is 18.4 Å². The van der Waals surface area contributed by atoms with E-state index in [1.165, 1.54) is 6.33 Å². The Balaban J connectivity index is 1.68. The molecule has 1 amide bonds. The fraction of sp³-hybridized carbons (Fsp3) is 0.375. The van der Waals surface area contributed by atoms with E-state index in [9.17, 15) is 20.0 Å². The molecule has 0 aliphatic carbocycles. The van der Waals surface area contributed by atoms with Crippen molar-refractivity contribution in [1.82, 2.24) is 19.4 Å². The third-order valence-electron chi connectivity index (χ3n) is 6.42. The number of benzene rings is 1. The summed E-state index contributed by atoms with van der Waals surface area (Å²) in [5.41, 5.74) is 3.26. The monoisotopic (exact) mass is 463 g/mol. The molecule has 8 nitrogen and oxygen atoms in total. The normalized spacial score (nSPS) is 18.2. The average Bonchev–Trinajstić information content (AvgIpc) is 3.17. The fourth-order valence-corrected chi connectivity index (χ4v) is 5.03. The smallest absolute Gasteiger partial charge is 0.306 e. The van der Waals surface area contributed by atoms with Crippen LogP contribution in [0.5, 0.6) is 0 Å². The minimum absolute atomic E-state index is 0.0242. The lowest BCUT2D eigenvalue weighted by Crippen LogP contribution is -2.47. The van der Waals surface area contributed by atoms with E-state index >= 15 is 0 Å². The SMILES string of the molecule is CCC1CC(C(=O)O)CCN1C(=O)CCn1c(-c2ccccc2)c(C#N)c2[nH]cnc(=S)c21. The maximum Gasteiger partial charge on any atom is 0.306 e. The van der Waals surface area contributed by atoms with Gasteiger partial charge in [-0.25, -0.2) is 4.98 Å². The molecular formula is C24H25N5O3S. The van der Waals surface area contributed by atoms with E-state index in [0.717, 1.165) is 5.56 Å². The van der Waals surface area contributed by atoms with Gasteiger partial charge in [-0.15, -0.1) is 0 Å². The van der Waals surface area contributed by atoms with Crippen LogP contribution < -0.4 is 0 Å². The molecule has 2 atom stereocenters. The third-order valence-corrected chi connectivity index (χ3v) is 6.72. The van der Waals surface area contributed by atoms with Crippen molar-refractivity contribution in [2.45, 2.75) is 45.2 Å². The number of amides is 1. The highest BCUT2D eigenvalue weighted by Crippen LogP contribution is 2.33. The van der Waals surface area contributed by atoms with Crippen molar-refractivity contribution in [2.24, 2.45) is 5.92 Å². The molecule has 33 heavy (non-hydrogen) atoms. The molecule has 4 rings (SSSR count). The zero-order valence-corrected chi connectivity index (χ0v) is 19.1. The number of nitrogens with one attached hydrogen (secondary N) is 1. The number of carbonyl (C=O) groups excluding carboxylic acids is 1. The highest BCUT2D eigenvalue weighted by atomic mass is 32.1. The second-order valence-electron chi connectivity index (χ2n) is 8.24. The molecule has 3 aromatic rings. The summed E-state index contributed by atoms with van der Waals surface area (Å²) in [4.78, 5) is 33.7. The Morgan fingerprint density at radius 3 is 2.76 bits per heavy atom. The number of carboxylic acid groups (broad SMARTS) is 1. The first-order valence-electron chi connectivity index (χ1n) is 11.0. The molecule has 1 saturated heterocycles. The average molecular weight is 464 g/mol. The van der Waals surface area contributed by atoms with Crippen LogP contribution in [0.3, 0.4) is 0 Å². The first-order valence-corrected chi connectivity index (χ1v) is 11.4. The van der Waals surface area contributed by atoms with Gasteiger partial charge in [0.1, 0.15) is 17.1 Å². The van der Waals surface area contributed by atoms with Crippen LogP contribution >= 0.6 is 12.2 Å². The summed E-state index contributed by atoms with van der Waals surface area (Å²) in [7, 11) is 0. The van der Waals surface area contributed by atoms with Gasteiger partial charge in [-0.2, -0.15) is 5.26 Å². The van der Waals surface area contributed by atoms with Gasteiger partial charge in [0.25, 0.3) is 0 Å². The molecule has 3 heterocycles. The van der Waals surface area contributed by atoms with Crippen molar-refractivity contribution >= 4 is 35.1 Å².